The van der Waals surface area contributed by atoms with Gasteiger partial charge >= 0.3 is 0 Å². The fraction of sp³-hybridized carbons (Fsp3) is 0.0667. The Morgan fingerprint density at radius 3 is 2.65 bits per heavy atom. The first kappa shape index (κ1) is 14.7. The summed E-state index contributed by atoms with van der Waals surface area (Å²) in [6.45, 7) is 0. The minimum atomic E-state index is -0.0254. The van der Waals surface area contributed by atoms with E-state index in [-0.39, 0.29) is 11.5 Å². The lowest BCUT2D eigenvalue weighted by Gasteiger charge is -2.06. The summed E-state index contributed by atoms with van der Waals surface area (Å²) in [7, 11) is 1.75. The van der Waals surface area contributed by atoms with Crippen LogP contribution in [0.5, 0.6) is 0 Å². The molecular formula is C15H14N6O2. The van der Waals surface area contributed by atoms with E-state index in [0.29, 0.717) is 22.4 Å². The van der Waals surface area contributed by atoms with Gasteiger partial charge in [-0.05, 0) is 12.1 Å². The fourth-order valence-corrected chi connectivity index (χ4v) is 2.23. The molecule has 3 N–H and O–H groups in total. The summed E-state index contributed by atoms with van der Waals surface area (Å²) in [4.78, 5) is 8.49. The minimum Gasteiger partial charge on any atom is -0.410 e. The van der Waals surface area contributed by atoms with Crippen molar-refractivity contribution in [2.24, 2.45) is 17.2 Å². The molecule has 3 aromatic rings. The Morgan fingerprint density at radius 1 is 1.17 bits per heavy atom. The maximum atomic E-state index is 9.41. The number of hydrogen-bond acceptors (Lipinski definition) is 6. The van der Waals surface area contributed by atoms with Crippen molar-refractivity contribution < 1.29 is 10.4 Å². The van der Waals surface area contributed by atoms with E-state index < -0.39 is 0 Å². The summed E-state index contributed by atoms with van der Waals surface area (Å²) >= 11 is 0. The molecule has 0 spiro atoms. The third-order valence-corrected chi connectivity index (χ3v) is 3.27. The molecule has 3 rings (SSSR count). The normalized spacial score (nSPS) is 12.6. The Labute approximate surface area is 131 Å². The second kappa shape index (κ2) is 6.24. The van der Waals surface area contributed by atoms with Gasteiger partial charge in [-0.3, -0.25) is 10.7 Å². The molecule has 0 radical (unpaired) electrons. The number of pyridine rings is 1. The van der Waals surface area contributed by atoms with E-state index in [1.54, 1.807) is 48.3 Å². The molecule has 116 valence electrons. The van der Waals surface area contributed by atoms with Crippen molar-refractivity contribution in [2.45, 2.75) is 0 Å². The van der Waals surface area contributed by atoms with Crippen LogP contribution in [0.2, 0.25) is 0 Å². The number of aliphatic imine (C=N–C) groups is 1. The number of hydroxylamine groups is 1. The van der Waals surface area contributed by atoms with Crippen molar-refractivity contribution in [1.29, 1.82) is 0 Å². The number of amidine groups is 1. The standard InChI is InChI=1S/C15H14N6O2/c1-21-15-11(8-5-9-16-15)13(18-21)17-14(20-23)12(19-22)10-6-3-2-4-7-10/h2-9,22-23H,1H3,(H,17,18,20). The predicted octanol–water partition coefficient (Wildman–Crippen LogP) is 1.86. The van der Waals surface area contributed by atoms with E-state index >= 15 is 0 Å². The Bertz CT molecular complexity index is 885. The lowest BCUT2D eigenvalue weighted by atomic mass is 10.1. The Balaban J connectivity index is 2.11. The van der Waals surface area contributed by atoms with Crippen LogP contribution in [-0.2, 0) is 7.05 Å². The van der Waals surface area contributed by atoms with E-state index in [4.69, 9.17) is 0 Å². The Hall–Kier alpha value is -3.26. The van der Waals surface area contributed by atoms with Gasteiger partial charge in [0.2, 0.25) is 0 Å². The predicted molar refractivity (Wildman–Crippen MR) is 85.3 cm³/mol. The van der Waals surface area contributed by atoms with Crippen LogP contribution in [0.15, 0.2) is 58.8 Å². The highest BCUT2D eigenvalue weighted by Crippen LogP contribution is 2.23. The lowest BCUT2D eigenvalue weighted by Crippen LogP contribution is -2.29. The maximum absolute atomic E-state index is 9.41. The first-order chi connectivity index (χ1) is 11.2. The van der Waals surface area contributed by atoms with Crippen molar-refractivity contribution in [2.75, 3.05) is 0 Å². The molecule has 0 fully saturated rings. The number of benzene rings is 1. The van der Waals surface area contributed by atoms with Gasteiger partial charge in [0.15, 0.2) is 23.0 Å². The SMILES string of the molecule is Cn1nc(N=C(NO)C(=NO)c2ccccc2)c2cccnc21. The summed E-state index contributed by atoms with van der Waals surface area (Å²) in [5.74, 6) is 0.326. The number of nitrogens with zero attached hydrogens (tertiary/aromatic N) is 5. The van der Waals surface area contributed by atoms with Crippen LogP contribution in [0.25, 0.3) is 11.0 Å². The number of aromatic nitrogens is 3. The highest BCUT2D eigenvalue weighted by atomic mass is 16.5. The summed E-state index contributed by atoms with van der Waals surface area (Å²) in [5.41, 5.74) is 3.31. The largest absolute Gasteiger partial charge is 0.410 e. The molecule has 0 bridgehead atoms. The summed E-state index contributed by atoms with van der Waals surface area (Å²) in [6, 6.07) is 12.5. The average molecular weight is 310 g/mol. The molecule has 0 saturated carbocycles. The lowest BCUT2D eigenvalue weighted by molar-refractivity contribution is 0.236. The van der Waals surface area contributed by atoms with Crippen molar-refractivity contribution in [3.8, 4) is 0 Å². The molecule has 1 aromatic carbocycles. The number of oxime groups is 1. The summed E-state index contributed by atoms with van der Waals surface area (Å²) in [5, 5.41) is 26.9. The minimum absolute atomic E-state index is 0.0254. The van der Waals surface area contributed by atoms with Gasteiger partial charge in [-0.1, -0.05) is 35.5 Å². The topological polar surface area (TPSA) is 108 Å². The quantitative estimate of drug-likeness (QED) is 0.296. The number of nitrogens with one attached hydrogen (secondary N) is 1. The van der Waals surface area contributed by atoms with E-state index in [1.165, 1.54) is 0 Å². The molecule has 0 unspecified atom stereocenters. The molecule has 2 heterocycles. The molecular weight excluding hydrogens is 296 g/mol. The van der Waals surface area contributed by atoms with Crippen molar-refractivity contribution >= 4 is 28.4 Å². The van der Waals surface area contributed by atoms with Crippen molar-refractivity contribution in [3.63, 3.8) is 0 Å². The molecule has 23 heavy (non-hydrogen) atoms. The van der Waals surface area contributed by atoms with Gasteiger partial charge in [-0.15, -0.1) is 0 Å². The number of aryl methyl sites for hydroxylation is 1. The molecule has 0 aliphatic rings. The Kier molecular flexibility index (Phi) is 3.98. The number of fused-ring (bicyclic) bond motifs is 1. The van der Waals surface area contributed by atoms with Crippen molar-refractivity contribution in [1.82, 2.24) is 20.2 Å². The third-order valence-electron chi connectivity index (χ3n) is 3.27. The zero-order chi connectivity index (χ0) is 16.2. The molecule has 0 aliphatic heterocycles. The third kappa shape index (κ3) is 2.74. The summed E-state index contributed by atoms with van der Waals surface area (Å²) in [6.07, 6.45) is 1.66. The van der Waals surface area contributed by atoms with Crippen LogP contribution in [0.4, 0.5) is 5.82 Å². The molecule has 0 amide bonds. The number of rotatable bonds is 3. The fourth-order valence-electron chi connectivity index (χ4n) is 2.23. The van der Waals surface area contributed by atoms with E-state index in [1.807, 2.05) is 17.6 Å². The van der Waals surface area contributed by atoms with Gasteiger partial charge in [-0.2, -0.15) is 5.10 Å². The van der Waals surface area contributed by atoms with Crippen LogP contribution in [0.1, 0.15) is 5.56 Å². The monoisotopic (exact) mass is 310 g/mol. The van der Waals surface area contributed by atoms with Gasteiger partial charge in [0, 0.05) is 18.8 Å². The van der Waals surface area contributed by atoms with Gasteiger partial charge in [0.1, 0.15) is 0 Å². The molecule has 8 heteroatoms. The van der Waals surface area contributed by atoms with Crippen LogP contribution in [0.3, 0.4) is 0 Å². The van der Waals surface area contributed by atoms with Gasteiger partial charge in [0.25, 0.3) is 0 Å². The van der Waals surface area contributed by atoms with Gasteiger partial charge in [-0.25, -0.2) is 14.7 Å². The van der Waals surface area contributed by atoms with Crippen LogP contribution in [0, 0.1) is 0 Å². The molecule has 0 saturated heterocycles. The van der Waals surface area contributed by atoms with Gasteiger partial charge in [0.05, 0.1) is 5.39 Å². The second-order valence-corrected chi connectivity index (χ2v) is 4.71. The maximum Gasteiger partial charge on any atom is 0.185 e. The highest BCUT2D eigenvalue weighted by Gasteiger charge is 2.15. The van der Waals surface area contributed by atoms with Crippen LogP contribution < -0.4 is 5.48 Å². The second-order valence-electron chi connectivity index (χ2n) is 4.71. The molecule has 8 nitrogen and oxygen atoms in total. The highest BCUT2D eigenvalue weighted by molar-refractivity contribution is 6.47. The first-order valence-electron chi connectivity index (χ1n) is 6.79. The van der Waals surface area contributed by atoms with Crippen molar-refractivity contribution in [3.05, 3.63) is 54.2 Å². The van der Waals surface area contributed by atoms with Crippen LogP contribution in [-0.4, -0.2) is 36.7 Å². The van der Waals surface area contributed by atoms with E-state index in [0.717, 1.165) is 0 Å². The van der Waals surface area contributed by atoms with E-state index in [2.05, 4.69) is 20.2 Å². The summed E-state index contributed by atoms with van der Waals surface area (Å²) < 4.78 is 1.58. The molecule has 0 atom stereocenters. The number of hydrogen-bond donors (Lipinski definition) is 3. The Morgan fingerprint density at radius 2 is 1.96 bits per heavy atom. The van der Waals surface area contributed by atoms with Gasteiger partial charge < -0.3 is 5.21 Å². The first-order valence-corrected chi connectivity index (χ1v) is 6.79. The zero-order valence-electron chi connectivity index (χ0n) is 12.2. The van der Waals surface area contributed by atoms with Crippen LogP contribution >= 0.6 is 0 Å². The van der Waals surface area contributed by atoms with E-state index in [9.17, 15) is 10.4 Å². The zero-order valence-corrected chi connectivity index (χ0v) is 12.2. The average Bonchev–Trinajstić information content (AvgIpc) is 2.92. The smallest absolute Gasteiger partial charge is 0.185 e. The molecule has 2 aromatic heterocycles. The molecule has 0 aliphatic carbocycles.